The first-order chi connectivity index (χ1) is 10.2. The van der Waals surface area contributed by atoms with Crippen molar-refractivity contribution in [2.24, 2.45) is 0 Å². The van der Waals surface area contributed by atoms with Crippen LogP contribution in [0.25, 0.3) is 11.4 Å². The zero-order valence-electron chi connectivity index (χ0n) is 10.6. The lowest BCUT2D eigenvalue weighted by atomic mass is 10.2. The highest BCUT2D eigenvalue weighted by Gasteiger charge is 2.12. The molecule has 2 N–H and O–H groups in total. The number of anilines is 1. The number of rotatable bonds is 3. The normalized spacial score (nSPS) is 10.3. The third-order valence-corrected chi connectivity index (χ3v) is 2.73. The summed E-state index contributed by atoms with van der Waals surface area (Å²) in [6.45, 7) is 0. The van der Waals surface area contributed by atoms with Gasteiger partial charge in [-0.1, -0.05) is 12.1 Å². The zero-order chi connectivity index (χ0) is 14.7. The molecule has 0 spiro atoms. The van der Waals surface area contributed by atoms with Crippen LogP contribution in [0, 0.1) is 5.95 Å². The van der Waals surface area contributed by atoms with Crippen molar-refractivity contribution < 1.29 is 9.18 Å². The molecule has 104 valence electrons. The lowest BCUT2D eigenvalue weighted by Crippen LogP contribution is -2.14. The summed E-state index contributed by atoms with van der Waals surface area (Å²) in [5, 5.41) is 16.1. The van der Waals surface area contributed by atoms with Gasteiger partial charge in [-0.05, 0) is 29.5 Å². The van der Waals surface area contributed by atoms with Crippen LogP contribution < -0.4 is 5.32 Å². The van der Waals surface area contributed by atoms with Crippen molar-refractivity contribution >= 4 is 11.6 Å². The van der Waals surface area contributed by atoms with Crippen molar-refractivity contribution in [3.8, 4) is 11.4 Å². The number of nitrogens with zero attached hydrogens (tertiary/aromatic N) is 4. The molecule has 0 saturated carbocycles. The summed E-state index contributed by atoms with van der Waals surface area (Å²) in [5.74, 6) is -0.992. The van der Waals surface area contributed by atoms with E-state index in [4.69, 9.17) is 0 Å². The maximum atomic E-state index is 13.4. The number of hydrogen-bond donors (Lipinski definition) is 2. The molecule has 1 amide bonds. The smallest absolute Gasteiger partial charge is 0.260 e. The molecule has 1 aromatic carbocycles. The van der Waals surface area contributed by atoms with Gasteiger partial charge in [0.1, 0.15) is 0 Å². The quantitative estimate of drug-likeness (QED) is 0.713. The van der Waals surface area contributed by atoms with Crippen LogP contribution in [0.4, 0.5) is 10.1 Å². The minimum atomic E-state index is -0.815. The standard InChI is InChI=1S/C13H9FN6O/c14-11-10(5-2-6-15-11)13(21)16-9-4-1-3-8(7-9)12-17-19-20-18-12/h1-7H,(H,16,21)(H,17,18,19,20). The Balaban J connectivity index is 1.84. The molecule has 3 aromatic rings. The van der Waals surface area contributed by atoms with Gasteiger partial charge >= 0.3 is 0 Å². The molecule has 0 atom stereocenters. The summed E-state index contributed by atoms with van der Waals surface area (Å²) in [4.78, 5) is 15.4. The topological polar surface area (TPSA) is 96.5 Å². The summed E-state index contributed by atoms with van der Waals surface area (Å²) >= 11 is 0. The molecule has 0 fully saturated rings. The van der Waals surface area contributed by atoms with Crippen molar-refractivity contribution in [3.63, 3.8) is 0 Å². The molecule has 2 aromatic heterocycles. The summed E-state index contributed by atoms with van der Waals surface area (Å²) < 4.78 is 13.4. The van der Waals surface area contributed by atoms with E-state index in [2.05, 4.69) is 30.9 Å². The second kappa shape index (κ2) is 5.45. The number of nitrogens with one attached hydrogen (secondary N) is 2. The third-order valence-electron chi connectivity index (χ3n) is 2.73. The SMILES string of the molecule is O=C(Nc1cccc(-c2nn[nH]n2)c1)c1cccnc1F. The highest BCUT2D eigenvalue weighted by Crippen LogP contribution is 2.19. The van der Waals surface area contributed by atoms with Crippen molar-refractivity contribution in [3.05, 3.63) is 54.1 Å². The number of H-pyrrole nitrogens is 1. The fraction of sp³-hybridized carbons (Fsp3) is 0. The van der Waals surface area contributed by atoms with E-state index in [-0.39, 0.29) is 5.56 Å². The Morgan fingerprint density at radius 1 is 1.24 bits per heavy atom. The van der Waals surface area contributed by atoms with Crippen LogP contribution in [0.1, 0.15) is 10.4 Å². The van der Waals surface area contributed by atoms with Crippen molar-refractivity contribution in [2.75, 3.05) is 5.32 Å². The summed E-state index contributed by atoms with van der Waals surface area (Å²) in [6, 6.07) is 9.69. The van der Waals surface area contributed by atoms with Gasteiger partial charge in [0.05, 0.1) is 5.56 Å². The van der Waals surface area contributed by atoms with Crippen LogP contribution in [-0.4, -0.2) is 31.5 Å². The molecule has 2 heterocycles. The van der Waals surface area contributed by atoms with Crippen LogP contribution in [0.3, 0.4) is 0 Å². The number of halogens is 1. The molecule has 0 radical (unpaired) electrons. The van der Waals surface area contributed by atoms with E-state index in [9.17, 15) is 9.18 Å². The van der Waals surface area contributed by atoms with E-state index in [0.29, 0.717) is 17.1 Å². The molecule has 21 heavy (non-hydrogen) atoms. The Kier molecular flexibility index (Phi) is 3.34. The highest BCUT2D eigenvalue weighted by atomic mass is 19.1. The number of benzene rings is 1. The number of tetrazole rings is 1. The number of aromatic amines is 1. The van der Waals surface area contributed by atoms with Gasteiger partial charge in [-0.25, -0.2) is 4.98 Å². The zero-order valence-corrected chi connectivity index (χ0v) is 10.6. The van der Waals surface area contributed by atoms with Gasteiger partial charge in [0.15, 0.2) is 0 Å². The minimum Gasteiger partial charge on any atom is -0.322 e. The molecular formula is C13H9FN6O. The average Bonchev–Trinajstić information content (AvgIpc) is 3.02. The number of amides is 1. The van der Waals surface area contributed by atoms with E-state index in [0.717, 1.165) is 0 Å². The summed E-state index contributed by atoms with van der Waals surface area (Å²) in [6.07, 6.45) is 1.28. The lowest BCUT2D eigenvalue weighted by molar-refractivity contribution is 0.102. The first-order valence-corrected chi connectivity index (χ1v) is 6.00. The van der Waals surface area contributed by atoms with Crippen molar-refractivity contribution in [1.82, 2.24) is 25.6 Å². The van der Waals surface area contributed by atoms with Crippen LogP contribution in [0.15, 0.2) is 42.6 Å². The summed E-state index contributed by atoms with van der Waals surface area (Å²) in [7, 11) is 0. The molecule has 8 heteroatoms. The Bertz CT molecular complexity index is 774. The molecule has 0 aliphatic rings. The maximum Gasteiger partial charge on any atom is 0.260 e. The number of hydrogen-bond acceptors (Lipinski definition) is 5. The third kappa shape index (κ3) is 2.73. The van der Waals surface area contributed by atoms with E-state index >= 15 is 0 Å². The van der Waals surface area contributed by atoms with E-state index < -0.39 is 11.9 Å². The largest absolute Gasteiger partial charge is 0.322 e. The maximum absolute atomic E-state index is 13.4. The van der Waals surface area contributed by atoms with E-state index in [1.807, 2.05) is 0 Å². The monoisotopic (exact) mass is 284 g/mol. The van der Waals surface area contributed by atoms with Gasteiger partial charge in [-0.3, -0.25) is 4.79 Å². The molecule has 0 unspecified atom stereocenters. The lowest BCUT2D eigenvalue weighted by Gasteiger charge is -2.06. The Hall–Kier alpha value is -3.16. The molecular weight excluding hydrogens is 275 g/mol. The van der Waals surface area contributed by atoms with Gasteiger partial charge in [0, 0.05) is 17.4 Å². The number of carbonyl (C=O) groups is 1. The Morgan fingerprint density at radius 2 is 2.14 bits per heavy atom. The van der Waals surface area contributed by atoms with Gasteiger partial charge in [0.2, 0.25) is 11.8 Å². The molecule has 0 aliphatic heterocycles. The Morgan fingerprint density at radius 3 is 2.90 bits per heavy atom. The van der Waals surface area contributed by atoms with Crippen molar-refractivity contribution in [2.45, 2.75) is 0 Å². The first kappa shape index (κ1) is 12.9. The van der Waals surface area contributed by atoms with Gasteiger partial charge in [-0.15, -0.1) is 10.2 Å². The van der Waals surface area contributed by atoms with Gasteiger partial charge < -0.3 is 5.32 Å². The second-order valence-corrected chi connectivity index (χ2v) is 4.11. The van der Waals surface area contributed by atoms with Gasteiger partial charge in [-0.2, -0.15) is 9.60 Å². The Labute approximate surface area is 118 Å². The fourth-order valence-corrected chi connectivity index (χ4v) is 1.77. The molecule has 7 nitrogen and oxygen atoms in total. The van der Waals surface area contributed by atoms with Crippen LogP contribution in [0.2, 0.25) is 0 Å². The fourth-order valence-electron chi connectivity index (χ4n) is 1.77. The predicted molar refractivity (Wildman–Crippen MR) is 71.8 cm³/mol. The molecule has 3 rings (SSSR count). The van der Waals surface area contributed by atoms with Crippen LogP contribution in [0.5, 0.6) is 0 Å². The van der Waals surface area contributed by atoms with Gasteiger partial charge in [0.25, 0.3) is 5.91 Å². The average molecular weight is 284 g/mol. The van der Waals surface area contributed by atoms with E-state index in [1.165, 1.54) is 18.3 Å². The van der Waals surface area contributed by atoms with E-state index in [1.54, 1.807) is 24.3 Å². The highest BCUT2D eigenvalue weighted by molar-refractivity contribution is 6.04. The number of pyridine rings is 1. The van der Waals surface area contributed by atoms with Crippen LogP contribution in [-0.2, 0) is 0 Å². The van der Waals surface area contributed by atoms with Crippen LogP contribution >= 0.6 is 0 Å². The van der Waals surface area contributed by atoms with Crippen molar-refractivity contribution in [1.29, 1.82) is 0 Å². The molecule has 0 aliphatic carbocycles. The summed E-state index contributed by atoms with van der Waals surface area (Å²) in [5.41, 5.74) is 1.04. The first-order valence-electron chi connectivity index (χ1n) is 6.00. The minimum absolute atomic E-state index is 0.123. The molecule has 0 saturated heterocycles. The molecule has 0 bridgehead atoms. The number of carbonyl (C=O) groups excluding carboxylic acids is 1. The number of aromatic nitrogens is 5. The predicted octanol–water partition coefficient (Wildman–Crippen LogP) is 1.65. The second-order valence-electron chi connectivity index (χ2n) is 4.11.